The first-order valence-corrected chi connectivity index (χ1v) is 18.4. The van der Waals surface area contributed by atoms with Crippen LogP contribution in [0.25, 0.3) is 56.1 Å². The van der Waals surface area contributed by atoms with Crippen molar-refractivity contribution in [1.29, 1.82) is 0 Å². The molecule has 0 saturated heterocycles. The summed E-state index contributed by atoms with van der Waals surface area (Å²) in [7, 11) is 0. The van der Waals surface area contributed by atoms with Gasteiger partial charge in [-0.25, -0.2) is 14.6 Å². The summed E-state index contributed by atoms with van der Waals surface area (Å²) in [5.74, 6) is 4.01. The molecule has 0 aliphatic carbocycles. The van der Waals surface area contributed by atoms with Gasteiger partial charge >= 0.3 is 21.1 Å². The molecule has 3 aromatic heterocycles. The predicted molar refractivity (Wildman–Crippen MR) is 215 cm³/mol. The van der Waals surface area contributed by atoms with Crippen molar-refractivity contribution in [2.45, 2.75) is 65.7 Å². The summed E-state index contributed by atoms with van der Waals surface area (Å²) in [5, 5.41) is 7.33. The molecule has 0 N–H and O–H groups in total. The molecule has 3 heterocycles. The summed E-state index contributed by atoms with van der Waals surface area (Å²) in [4.78, 5) is 10.0. The largest absolute Gasteiger partial charge is 2.00 e. The Kier molecular flexibility index (Phi) is 10.2. The van der Waals surface area contributed by atoms with Crippen molar-refractivity contribution in [3.8, 4) is 45.8 Å². The van der Waals surface area contributed by atoms with Gasteiger partial charge in [0, 0.05) is 34.3 Å². The Labute approximate surface area is 332 Å². The summed E-state index contributed by atoms with van der Waals surface area (Å²) in [6.45, 7) is 15.6. The van der Waals surface area contributed by atoms with Crippen LogP contribution < -0.4 is 4.74 Å². The van der Waals surface area contributed by atoms with Crippen LogP contribution in [0.5, 0.6) is 11.5 Å². The third-order valence-corrected chi connectivity index (χ3v) is 9.83. The topological polar surface area (TPSA) is 57.8 Å². The molecule has 0 aliphatic rings. The predicted octanol–water partition coefficient (Wildman–Crippen LogP) is 12.0. The first kappa shape index (κ1) is 37.0. The Balaban J connectivity index is 0.00000450. The third kappa shape index (κ3) is 6.92. The number of aromatic nitrogens is 5. The van der Waals surface area contributed by atoms with Crippen LogP contribution in [-0.4, -0.2) is 24.3 Å². The molecule has 0 bridgehead atoms. The van der Waals surface area contributed by atoms with E-state index in [1.54, 1.807) is 0 Å². The maximum atomic E-state index is 6.57. The maximum Gasteiger partial charge on any atom is 2.00 e. The minimum absolute atomic E-state index is 0. The van der Waals surface area contributed by atoms with Crippen molar-refractivity contribution >= 4 is 21.8 Å². The van der Waals surface area contributed by atoms with E-state index in [2.05, 4.69) is 126 Å². The normalized spacial score (nSPS) is 11.8. The molecule has 0 radical (unpaired) electrons. The molecule has 0 atom stereocenters. The van der Waals surface area contributed by atoms with Gasteiger partial charge in [0.15, 0.2) is 11.6 Å². The van der Waals surface area contributed by atoms with E-state index in [0.717, 1.165) is 50.3 Å². The van der Waals surface area contributed by atoms with Gasteiger partial charge in [0.1, 0.15) is 5.82 Å². The number of benzene rings is 5. The van der Waals surface area contributed by atoms with Crippen molar-refractivity contribution < 1.29 is 25.8 Å². The molecule has 0 saturated carbocycles. The molecular formula is C47H43N5OPt. The van der Waals surface area contributed by atoms with Gasteiger partial charge in [-0.15, -0.1) is 40.8 Å². The average Bonchev–Trinajstić information content (AvgIpc) is 3.74. The first-order chi connectivity index (χ1) is 25.6. The van der Waals surface area contributed by atoms with Gasteiger partial charge < -0.3 is 9.30 Å². The fraction of sp³-hybridized carbons (Fsp3) is 0.213. The Hall–Kier alpha value is -5.32. The Morgan fingerprint density at radius 2 is 1.37 bits per heavy atom. The minimum Gasteiger partial charge on any atom is -0.509 e. The quantitative estimate of drug-likeness (QED) is 0.143. The molecule has 0 aliphatic heterocycles. The SMILES string of the molecule is CC(C)c1cccc(C(C)C)c1-c1nc(-c2ccccc2)nn1-c1[c-]c(Oc2[c-]c3c(cc2)c2ccccc2n3-c2cc(C(C)(C)C)ccn2)ccc1.[Pt+2]. The van der Waals surface area contributed by atoms with E-state index in [1.807, 2.05) is 65.5 Å². The van der Waals surface area contributed by atoms with E-state index in [4.69, 9.17) is 19.8 Å². The zero-order valence-corrected chi connectivity index (χ0v) is 33.9. The molecule has 8 rings (SSSR count). The molecule has 8 aromatic rings. The number of hydrogen-bond donors (Lipinski definition) is 0. The molecule has 54 heavy (non-hydrogen) atoms. The van der Waals surface area contributed by atoms with Crippen molar-refractivity contribution in [2.75, 3.05) is 0 Å². The Morgan fingerprint density at radius 1 is 0.685 bits per heavy atom. The number of rotatable bonds is 8. The number of ether oxygens (including phenoxy) is 1. The Bertz CT molecular complexity index is 2570. The van der Waals surface area contributed by atoms with Gasteiger partial charge in [0.2, 0.25) is 0 Å². The molecule has 0 fully saturated rings. The van der Waals surface area contributed by atoms with E-state index in [9.17, 15) is 0 Å². The number of nitrogens with zero attached hydrogens (tertiary/aromatic N) is 5. The van der Waals surface area contributed by atoms with Crippen LogP contribution in [0.15, 0.2) is 121 Å². The first-order valence-electron chi connectivity index (χ1n) is 18.4. The van der Waals surface area contributed by atoms with E-state index in [-0.39, 0.29) is 26.5 Å². The van der Waals surface area contributed by atoms with Gasteiger partial charge in [0.25, 0.3) is 0 Å². The van der Waals surface area contributed by atoms with Crippen molar-refractivity contribution in [3.05, 3.63) is 150 Å². The van der Waals surface area contributed by atoms with E-state index >= 15 is 0 Å². The smallest absolute Gasteiger partial charge is 0.509 e. The average molecular weight is 889 g/mol. The molecule has 0 amide bonds. The van der Waals surface area contributed by atoms with Crippen LogP contribution >= 0.6 is 0 Å². The maximum absolute atomic E-state index is 6.57. The third-order valence-electron chi connectivity index (χ3n) is 9.83. The second-order valence-corrected chi connectivity index (χ2v) is 15.3. The van der Waals surface area contributed by atoms with Crippen molar-refractivity contribution in [1.82, 2.24) is 24.3 Å². The second-order valence-electron chi connectivity index (χ2n) is 15.3. The fourth-order valence-electron chi connectivity index (χ4n) is 7.08. The molecule has 5 aromatic carbocycles. The summed E-state index contributed by atoms with van der Waals surface area (Å²) in [6.07, 6.45) is 1.89. The van der Waals surface area contributed by atoms with Crippen LogP contribution in [0, 0.1) is 12.1 Å². The number of pyridine rings is 1. The summed E-state index contributed by atoms with van der Waals surface area (Å²) in [6, 6.07) is 46.5. The molecular weight excluding hydrogens is 846 g/mol. The zero-order chi connectivity index (χ0) is 36.9. The fourth-order valence-corrected chi connectivity index (χ4v) is 7.08. The summed E-state index contributed by atoms with van der Waals surface area (Å²) >= 11 is 0. The van der Waals surface area contributed by atoms with Crippen LogP contribution in [0.2, 0.25) is 0 Å². The molecule has 7 heteroatoms. The summed E-state index contributed by atoms with van der Waals surface area (Å²) < 4.78 is 10.7. The van der Waals surface area contributed by atoms with E-state index in [1.165, 1.54) is 16.7 Å². The molecule has 0 unspecified atom stereocenters. The van der Waals surface area contributed by atoms with Gasteiger partial charge in [-0.2, -0.15) is 12.1 Å². The summed E-state index contributed by atoms with van der Waals surface area (Å²) in [5.41, 5.74) is 8.43. The van der Waals surface area contributed by atoms with E-state index in [0.29, 0.717) is 29.2 Å². The number of fused-ring (bicyclic) bond motifs is 3. The van der Waals surface area contributed by atoms with Crippen LogP contribution in [0.1, 0.15) is 77.0 Å². The standard InChI is InChI=1S/C47H43N5O.Pt/c1-30(2)37-20-14-21-38(31(3)4)44(37)46-49-45(32-15-9-8-10-16-32)50-52(46)34-17-13-18-35(28-34)53-36-23-24-40-39-19-11-12-22-41(39)51(42(40)29-36)43-27-33(25-26-48-43)47(5,6)7;/h8-27,30-31H,1-7H3;/q-2;+2. The minimum atomic E-state index is -0.0195. The number of para-hydroxylation sites is 1. The van der Waals surface area contributed by atoms with Crippen LogP contribution in [0.4, 0.5) is 0 Å². The van der Waals surface area contributed by atoms with Gasteiger partial charge in [0.05, 0.1) is 0 Å². The zero-order valence-electron chi connectivity index (χ0n) is 31.7. The molecule has 0 spiro atoms. The molecule has 6 nitrogen and oxygen atoms in total. The Morgan fingerprint density at radius 3 is 2.09 bits per heavy atom. The second kappa shape index (κ2) is 14.8. The van der Waals surface area contributed by atoms with Crippen LogP contribution in [-0.2, 0) is 26.5 Å². The van der Waals surface area contributed by atoms with Gasteiger partial charge in [-0.1, -0.05) is 121 Å². The van der Waals surface area contributed by atoms with Gasteiger partial charge in [-0.05, 0) is 63.2 Å². The van der Waals surface area contributed by atoms with E-state index < -0.39 is 0 Å². The van der Waals surface area contributed by atoms with Crippen molar-refractivity contribution in [2.24, 2.45) is 0 Å². The van der Waals surface area contributed by atoms with Crippen LogP contribution in [0.3, 0.4) is 0 Å². The monoisotopic (exact) mass is 888 g/mol. The van der Waals surface area contributed by atoms with Gasteiger partial charge in [-0.3, -0.25) is 0 Å². The number of hydrogen-bond acceptors (Lipinski definition) is 4. The molecule has 272 valence electrons. The van der Waals surface area contributed by atoms with Crippen molar-refractivity contribution in [3.63, 3.8) is 0 Å².